The van der Waals surface area contributed by atoms with Crippen LogP contribution in [0.1, 0.15) is 24.0 Å². The Bertz CT molecular complexity index is 1100. The van der Waals surface area contributed by atoms with E-state index >= 15 is 0 Å². The molecule has 0 N–H and O–H groups in total. The molecule has 27 heavy (non-hydrogen) atoms. The quantitative estimate of drug-likeness (QED) is 0.509. The number of ether oxygens (including phenoxy) is 1. The van der Waals surface area contributed by atoms with Crippen LogP contribution in [0.5, 0.6) is 5.75 Å². The first-order chi connectivity index (χ1) is 13.2. The topological polar surface area (TPSA) is 31.5 Å². The average molecular weight is 357 g/mol. The van der Waals surface area contributed by atoms with Crippen molar-refractivity contribution < 1.29 is 4.74 Å². The molecule has 0 bridgehead atoms. The Morgan fingerprint density at radius 3 is 2.41 bits per heavy atom. The van der Waals surface area contributed by atoms with Crippen molar-refractivity contribution in [2.45, 2.75) is 32.7 Å². The van der Waals surface area contributed by atoms with Crippen molar-refractivity contribution in [1.29, 1.82) is 0 Å². The second-order valence-corrected chi connectivity index (χ2v) is 7.32. The Kier molecular flexibility index (Phi) is 3.78. The van der Waals surface area contributed by atoms with E-state index < -0.39 is 0 Å². The lowest BCUT2D eigenvalue weighted by atomic mass is 10.0. The second-order valence-electron chi connectivity index (χ2n) is 7.32. The van der Waals surface area contributed by atoms with E-state index in [1.807, 2.05) is 12.1 Å². The molecule has 5 rings (SSSR count). The molecule has 0 saturated carbocycles. The molecule has 0 amide bonds. The SMILES string of the molecule is COc1ccc(-c2cn3nc(-c4ccc(C)cc4)n4c3c2CCCC4)cc1. The van der Waals surface area contributed by atoms with Gasteiger partial charge in [0.2, 0.25) is 0 Å². The third kappa shape index (κ3) is 2.64. The molecule has 0 atom stereocenters. The fourth-order valence-electron chi connectivity index (χ4n) is 4.10. The monoisotopic (exact) mass is 357 g/mol. The van der Waals surface area contributed by atoms with Crippen molar-refractivity contribution in [2.75, 3.05) is 7.11 Å². The summed E-state index contributed by atoms with van der Waals surface area (Å²) in [5.74, 6) is 1.95. The van der Waals surface area contributed by atoms with Gasteiger partial charge >= 0.3 is 0 Å². The summed E-state index contributed by atoms with van der Waals surface area (Å²) in [6.45, 7) is 3.14. The molecule has 0 unspecified atom stereocenters. The van der Waals surface area contributed by atoms with E-state index in [4.69, 9.17) is 9.84 Å². The maximum absolute atomic E-state index is 5.31. The van der Waals surface area contributed by atoms with Crippen LogP contribution >= 0.6 is 0 Å². The smallest absolute Gasteiger partial charge is 0.162 e. The molecule has 0 spiro atoms. The van der Waals surface area contributed by atoms with E-state index in [2.05, 4.69) is 58.6 Å². The summed E-state index contributed by atoms with van der Waals surface area (Å²) < 4.78 is 9.79. The molecular weight excluding hydrogens is 334 g/mol. The fraction of sp³-hybridized carbons (Fsp3) is 0.261. The van der Waals surface area contributed by atoms with Crippen LogP contribution in [-0.4, -0.2) is 21.3 Å². The van der Waals surface area contributed by atoms with Gasteiger partial charge in [0.15, 0.2) is 5.82 Å². The first kappa shape index (κ1) is 16.2. The van der Waals surface area contributed by atoms with E-state index in [1.165, 1.54) is 46.3 Å². The molecule has 0 fully saturated rings. The standard InChI is InChI=1S/C23H23N3O/c1-16-6-8-18(9-7-16)22-24-26-15-21(17-10-12-19(27-2)13-11-17)20-5-3-4-14-25(22)23(20)26/h6-13,15H,3-5,14H2,1-2H3. The van der Waals surface area contributed by atoms with Gasteiger partial charge in [0.25, 0.3) is 0 Å². The van der Waals surface area contributed by atoms with Crippen molar-refractivity contribution in [3.05, 3.63) is 65.9 Å². The summed E-state index contributed by atoms with van der Waals surface area (Å²) in [4.78, 5) is 0. The number of hydrogen-bond acceptors (Lipinski definition) is 2. The van der Waals surface area contributed by atoms with Gasteiger partial charge in [0.1, 0.15) is 11.4 Å². The molecule has 0 aliphatic carbocycles. The normalized spacial score (nSPS) is 13.7. The molecule has 2 aromatic carbocycles. The lowest BCUT2D eigenvalue weighted by molar-refractivity contribution is 0.415. The van der Waals surface area contributed by atoms with Gasteiger partial charge in [-0.1, -0.05) is 42.0 Å². The maximum atomic E-state index is 5.31. The van der Waals surface area contributed by atoms with Crippen molar-refractivity contribution in [1.82, 2.24) is 14.2 Å². The number of aryl methyl sites for hydroxylation is 3. The largest absolute Gasteiger partial charge is 0.497 e. The lowest BCUT2D eigenvalue weighted by Crippen LogP contribution is -1.99. The number of benzene rings is 2. The molecule has 0 saturated heterocycles. The van der Waals surface area contributed by atoms with Crippen LogP contribution in [0.3, 0.4) is 0 Å². The summed E-state index contributed by atoms with van der Waals surface area (Å²) in [5.41, 5.74) is 7.61. The number of aromatic nitrogens is 3. The van der Waals surface area contributed by atoms with Crippen molar-refractivity contribution >= 4 is 5.65 Å². The van der Waals surface area contributed by atoms with Crippen LogP contribution in [0.15, 0.2) is 54.7 Å². The molecule has 4 aromatic rings. The van der Waals surface area contributed by atoms with Crippen LogP contribution in [-0.2, 0) is 13.0 Å². The highest BCUT2D eigenvalue weighted by Crippen LogP contribution is 2.35. The van der Waals surface area contributed by atoms with Crippen LogP contribution in [0, 0.1) is 6.92 Å². The van der Waals surface area contributed by atoms with E-state index in [1.54, 1.807) is 7.11 Å². The fourth-order valence-corrected chi connectivity index (χ4v) is 4.10. The van der Waals surface area contributed by atoms with Crippen LogP contribution in [0.4, 0.5) is 0 Å². The Labute approximate surface area is 159 Å². The third-order valence-electron chi connectivity index (χ3n) is 5.55. The Morgan fingerprint density at radius 2 is 1.67 bits per heavy atom. The van der Waals surface area contributed by atoms with Gasteiger partial charge in [-0.15, -0.1) is 5.10 Å². The predicted octanol–water partition coefficient (Wildman–Crippen LogP) is 5.12. The highest BCUT2D eigenvalue weighted by molar-refractivity contribution is 5.77. The van der Waals surface area contributed by atoms with Crippen LogP contribution < -0.4 is 4.74 Å². The third-order valence-corrected chi connectivity index (χ3v) is 5.55. The zero-order valence-corrected chi connectivity index (χ0v) is 15.8. The molecule has 3 heterocycles. The van der Waals surface area contributed by atoms with Crippen molar-refractivity contribution in [2.24, 2.45) is 0 Å². The van der Waals surface area contributed by atoms with Gasteiger partial charge < -0.3 is 9.30 Å². The number of nitrogens with zero attached hydrogens (tertiary/aromatic N) is 3. The van der Waals surface area contributed by atoms with Crippen LogP contribution in [0.25, 0.3) is 28.2 Å². The molecule has 1 aliphatic rings. The number of hydrogen-bond donors (Lipinski definition) is 0. The molecule has 2 aromatic heterocycles. The maximum Gasteiger partial charge on any atom is 0.162 e. The minimum Gasteiger partial charge on any atom is -0.497 e. The van der Waals surface area contributed by atoms with Gasteiger partial charge in [-0.3, -0.25) is 0 Å². The summed E-state index contributed by atoms with van der Waals surface area (Å²) in [5, 5.41) is 4.96. The Balaban J connectivity index is 1.68. The van der Waals surface area contributed by atoms with E-state index in [9.17, 15) is 0 Å². The van der Waals surface area contributed by atoms with Gasteiger partial charge in [-0.2, -0.15) is 0 Å². The summed E-state index contributed by atoms with van der Waals surface area (Å²) >= 11 is 0. The number of methoxy groups -OCH3 is 1. The Morgan fingerprint density at radius 1 is 0.926 bits per heavy atom. The van der Waals surface area contributed by atoms with E-state index in [-0.39, 0.29) is 0 Å². The number of rotatable bonds is 3. The first-order valence-electron chi connectivity index (χ1n) is 9.57. The molecule has 0 radical (unpaired) electrons. The van der Waals surface area contributed by atoms with Crippen LogP contribution in [0.2, 0.25) is 0 Å². The van der Waals surface area contributed by atoms with Gasteiger partial charge in [0.05, 0.1) is 7.11 Å². The second kappa shape index (κ2) is 6.31. The minimum absolute atomic E-state index is 0.887. The van der Waals surface area contributed by atoms with Gasteiger partial charge in [0, 0.05) is 29.4 Å². The van der Waals surface area contributed by atoms with E-state index in [0.717, 1.165) is 24.5 Å². The summed E-state index contributed by atoms with van der Waals surface area (Å²) in [7, 11) is 1.70. The first-order valence-corrected chi connectivity index (χ1v) is 9.57. The molecule has 4 heteroatoms. The molecule has 136 valence electrons. The molecule has 4 nitrogen and oxygen atoms in total. The Hall–Kier alpha value is -3.01. The predicted molar refractivity (Wildman–Crippen MR) is 108 cm³/mol. The highest BCUT2D eigenvalue weighted by atomic mass is 16.5. The minimum atomic E-state index is 0.887. The summed E-state index contributed by atoms with van der Waals surface area (Å²) in [6.07, 6.45) is 5.67. The molecule has 1 aliphatic heterocycles. The summed E-state index contributed by atoms with van der Waals surface area (Å²) in [6, 6.07) is 17.0. The van der Waals surface area contributed by atoms with Gasteiger partial charge in [-0.25, -0.2) is 4.52 Å². The highest BCUT2D eigenvalue weighted by Gasteiger charge is 2.22. The van der Waals surface area contributed by atoms with Gasteiger partial charge in [-0.05, 0) is 43.9 Å². The van der Waals surface area contributed by atoms with E-state index in [0.29, 0.717) is 0 Å². The van der Waals surface area contributed by atoms with Crippen molar-refractivity contribution in [3.63, 3.8) is 0 Å². The average Bonchev–Trinajstić information content (AvgIpc) is 3.13. The zero-order valence-electron chi connectivity index (χ0n) is 15.8. The zero-order chi connectivity index (χ0) is 18.4. The molecular formula is C23H23N3O. The lowest BCUT2D eigenvalue weighted by Gasteiger charge is -2.07. The van der Waals surface area contributed by atoms with Crippen molar-refractivity contribution in [3.8, 4) is 28.3 Å².